The number of hydrogen-bond acceptors (Lipinski definition) is 3. The average molecular weight is 331 g/mol. The number of benzene rings is 2. The van der Waals surface area contributed by atoms with E-state index in [1.54, 1.807) is 13.0 Å². The second-order valence-corrected chi connectivity index (χ2v) is 7.70. The molecule has 0 saturated carbocycles. The van der Waals surface area contributed by atoms with Crippen LogP contribution in [0.5, 0.6) is 0 Å². The third-order valence-electron chi connectivity index (χ3n) is 3.82. The lowest BCUT2D eigenvalue weighted by atomic mass is 10.1. The number of hydrogen-bond donors (Lipinski definition) is 1. The summed E-state index contributed by atoms with van der Waals surface area (Å²) >= 11 is 0. The van der Waals surface area contributed by atoms with Crippen molar-refractivity contribution in [2.24, 2.45) is 0 Å². The molecule has 2 aromatic carbocycles. The molecule has 122 valence electrons. The van der Waals surface area contributed by atoms with Crippen molar-refractivity contribution in [1.82, 2.24) is 5.32 Å². The van der Waals surface area contributed by atoms with E-state index in [4.69, 9.17) is 0 Å². The van der Waals surface area contributed by atoms with Gasteiger partial charge >= 0.3 is 0 Å². The van der Waals surface area contributed by atoms with Gasteiger partial charge in [0.05, 0.1) is 4.90 Å². The molecule has 2 aromatic rings. The van der Waals surface area contributed by atoms with E-state index in [0.29, 0.717) is 12.1 Å². The molecule has 0 spiro atoms. The summed E-state index contributed by atoms with van der Waals surface area (Å²) in [6.45, 7) is 4.34. The molecule has 5 heteroatoms. The molecule has 0 aliphatic rings. The highest BCUT2D eigenvalue weighted by atomic mass is 32.2. The van der Waals surface area contributed by atoms with E-state index in [9.17, 15) is 13.2 Å². The highest BCUT2D eigenvalue weighted by Crippen LogP contribution is 2.15. The Morgan fingerprint density at radius 1 is 1.04 bits per heavy atom. The van der Waals surface area contributed by atoms with E-state index in [0.717, 1.165) is 18.2 Å². The first-order chi connectivity index (χ1) is 10.8. The summed E-state index contributed by atoms with van der Waals surface area (Å²) in [5.41, 5.74) is 3.54. The maximum atomic E-state index is 12.3. The fraction of sp³-hybridized carbons (Fsp3) is 0.278. The smallest absolute Gasteiger partial charge is 0.251 e. The first-order valence-corrected chi connectivity index (χ1v) is 9.31. The first kappa shape index (κ1) is 17.2. The third kappa shape index (κ3) is 4.42. The van der Waals surface area contributed by atoms with Crippen LogP contribution in [0.25, 0.3) is 0 Å². The van der Waals surface area contributed by atoms with E-state index in [2.05, 4.69) is 5.32 Å². The lowest BCUT2D eigenvalue weighted by Crippen LogP contribution is -2.26. The van der Waals surface area contributed by atoms with Gasteiger partial charge < -0.3 is 5.32 Å². The molecule has 4 nitrogen and oxygen atoms in total. The average Bonchev–Trinajstić information content (AvgIpc) is 2.48. The predicted molar refractivity (Wildman–Crippen MR) is 91.5 cm³/mol. The molecule has 0 fully saturated rings. The summed E-state index contributed by atoms with van der Waals surface area (Å²) in [7, 11) is -3.32. The molecule has 1 amide bonds. The van der Waals surface area contributed by atoms with Crippen molar-refractivity contribution in [3.8, 4) is 0 Å². The quantitative estimate of drug-likeness (QED) is 0.916. The molecule has 0 aliphatic carbocycles. The molecular formula is C18H21NO3S. The third-order valence-corrected chi connectivity index (χ3v) is 4.93. The van der Waals surface area contributed by atoms with Gasteiger partial charge in [-0.05, 0) is 49.1 Å². The number of rotatable bonds is 5. The maximum Gasteiger partial charge on any atom is 0.251 e. The van der Waals surface area contributed by atoms with E-state index in [-0.39, 0.29) is 10.8 Å². The molecule has 0 aromatic heterocycles. The van der Waals surface area contributed by atoms with Crippen LogP contribution in [0.2, 0.25) is 0 Å². The van der Waals surface area contributed by atoms with Crippen LogP contribution < -0.4 is 5.32 Å². The van der Waals surface area contributed by atoms with Gasteiger partial charge in [0.2, 0.25) is 0 Å². The standard InChI is InChI=1S/C18H21NO3S/c1-13-6-4-5-7-15(13)10-11-19-18(20)17-12-16(23(3,21)22)9-8-14(17)2/h4-9,12H,10-11H2,1-3H3,(H,19,20). The number of carbonyl (C=O) groups is 1. The Labute approximate surface area is 137 Å². The molecule has 0 saturated heterocycles. The van der Waals surface area contributed by atoms with E-state index < -0.39 is 9.84 Å². The zero-order valence-electron chi connectivity index (χ0n) is 13.6. The van der Waals surface area contributed by atoms with Gasteiger partial charge in [-0.1, -0.05) is 30.3 Å². The highest BCUT2D eigenvalue weighted by Gasteiger charge is 2.14. The summed E-state index contributed by atoms with van der Waals surface area (Å²) in [6.07, 6.45) is 1.88. The van der Waals surface area contributed by atoms with Crippen molar-refractivity contribution in [1.29, 1.82) is 0 Å². The van der Waals surface area contributed by atoms with Gasteiger partial charge in [-0.3, -0.25) is 4.79 Å². The number of carbonyl (C=O) groups excluding carboxylic acids is 1. The minimum Gasteiger partial charge on any atom is -0.352 e. The Morgan fingerprint density at radius 2 is 1.74 bits per heavy atom. The van der Waals surface area contributed by atoms with Gasteiger partial charge in [0.25, 0.3) is 5.91 Å². The minimum atomic E-state index is -3.32. The fourth-order valence-corrected chi connectivity index (χ4v) is 3.02. The van der Waals surface area contributed by atoms with Crippen LogP contribution in [0.1, 0.15) is 27.0 Å². The number of aryl methyl sites for hydroxylation is 2. The molecule has 0 radical (unpaired) electrons. The van der Waals surface area contributed by atoms with E-state index in [1.807, 2.05) is 31.2 Å². The normalized spacial score (nSPS) is 11.3. The van der Waals surface area contributed by atoms with Gasteiger partial charge in [-0.2, -0.15) is 0 Å². The number of sulfone groups is 1. The lowest BCUT2D eigenvalue weighted by molar-refractivity contribution is 0.0953. The van der Waals surface area contributed by atoms with Crippen LogP contribution in [-0.2, 0) is 16.3 Å². The van der Waals surface area contributed by atoms with Gasteiger partial charge in [0.15, 0.2) is 9.84 Å². The van der Waals surface area contributed by atoms with Gasteiger partial charge in [0, 0.05) is 18.4 Å². The Kier molecular flexibility index (Phi) is 5.21. The predicted octanol–water partition coefficient (Wildman–Crippen LogP) is 2.68. The van der Waals surface area contributed by atoms with Crippen molar-refractivity contribution in [3.05, 3.63) is 64.7 Å². The summed E-state index contributed by atoms with van der Waals surface area (Å²) in [6, 6.07) is 12.7. The molecule has 1 N–H and O–H groups in total. The minimum absolute atomic E-state index is 0.159. The van der Waals surface area contributed by atoms with E-state index >= 15 is 0 Å². The number of nitrogens with one attached hydrogen (secondary N) is 1. The van der Waals surface area contributed by atoms with Crippen molar-refractivity contribution < 1.29 is 13.2 Å². The molecular weight excluding hydrogens is 310 g/mol. The topological polar surface area (TPSA) is 63.2 Å². The Hall–Kier alpha value is -2.14. The van der Waals surface area contributed by atoms with Crippen molar-refractivity contribution in [2.75, 3.05) is 12.8 Å². The van der Waals surface area contributed by atoms with Gasteiger partial charge in [-0.25, -0.2) is 8.42 Å². The molecule has 2 rings (SSSR count). The maximum absolute atomic E-state index is 12.3. The zero-order valence-corrected chi connectivity index (χ0v) is 14.4. The van der Waals surface area contributed by atoms with Crippen LogP contribution in [0, 0.1) is 13.8 Å². The Morgan fingerprint density at radius 3 is 2.39 bits per heavy atom. The second kappa shape index (κ2) is 6.96. The van der Waals surface area contributed by atoms with Crippen molar-refractivity contribution in [2.45, 2.75) is 25.2 Å². The largest absolute Gasteiger partial charge is 0.352 e. The first-order valence-electron chi connectivity index (χ1n) is 7.42. The molecule has 0 aliphatic heterocycles. The summed E-state index contributed by atoms with van der Waals surface area (Å²) in [5.74, 6) is -0.249. The van der Waals surface area contributed by atoms with Crippen LogP contribution in [0.4, 0.5) is 0 Å². The lowest BCUT2D eigenvalue weighted by Gasteiger charge is -2.10. The molecule has 0 atom stereocenters. The summed E-state index contributed by atoms with van der Waals surface area (Å²) in [5, 5.41) is 2.86. The van der Waals surface area contributed by atoms with Crippen LogP contribution >= 0.6 is 0 Å². The molecule has 23 heavy (non-hydrogen) atoms. The molecule has 0 bridgehead atoms. The van der Waals surface area contributed by atoms with Crippen LogP contribution in [0.15, 0.2) is 47.4 Å². The summed E-state index contributed by atoms with van der Waals surface area (Å²) < 4.78 is 23.2. The Balaban J connectivity index is 2.08. The van der Waals surface area contributed by atoms with Gasteiger partial charge in [0.1, 0.15) is 0 Å². The van der Waals surface area contributed by atoms with Crippen LogP contribution in [-0.4, -0.2) is 27.1 Å². The van der Waals surface area contributed by atoms with Crippen molar-refractivity contribution in [3.63, 3.8) is 0 Å². The van der Waals surface area contributed by atoms with Crippen molar-refractivity contribution >= 4 is 15.7 Å². The van der Waals surface area contributed by atoms with E-state index in [1.165, 1.54) is 23.3 Å². The van der Waals surface area contributed by atoms with Crippen LogP contribution in [0.3, 0.4) is 0 Å². The molecule has 0 heterocycles. The second-order valence-electron chi connectivity index (χ2n) is 5.68. The SMILES string of the molecule is Cc1ccccc1CCNC(=O)c1cc(S(C)(=O)=O)ccc1C. The fourth-order valence-electron chi connectivity index (χ4n) is 2.37. The zero-order chi connectivity index (χ0) is 17.0. The summed E-state index contributed by atoms with van der Waals surface area (Å²) in [4.78, 5) is 12.5. The molecule has 0 unspecified atom stereocenters. The highest BCUT2D eigenvalue weighted by molar-refractivity contribution is 7.90. The van der Waals surface area contributed by atoms with Gasteiger partial charge in [-0.15, -0.1) is 0 Å². The monoisotopic (exact) mass is 331 g/mol. The number of amides is 1. The Bertz CT molecular complexity index is 826.